The van der Waals surface area contributed by atoms with Gasteiger partial charge in [0.25, 0.3) is 0 Å². The molecule has 1 atom stereocenters. The van der Waals surface area contributed by atoms with Gasteiger partial charge in [0.15, 0.2) is 0 Å². The summed E-state index contributed by atoms with van der Waals surface area (Å²) in [5.41, 5.74) is 0. The summed E-state index contributed by atoms with van der Waals surface area (Å²) in [6.45, 7) is 1.13. The van der Waals surface area contributed by atoms with Crippen LogP contribution < -0.4 is 0 Å². The zero-order valence-electron chi connectivity index (χ0n) is 23.4. The first-order chi connectivity index (χ1) is 18.2. The Bertz CT molecular complexity index is 760. The molecule has 0 aromatic heterocycles. The Kier molecular flexibility index (Phi) is 16.3. The summed E-state index contributed by atoms with van der Waals surface area (Å²) in [6.07, 6.45) is -1.71. The van der Waals surface area contributed by atoms with E-state index in [0.717, 1.165) is 50.3 Å². The first-order valence-electron chi connectivity index (χ1n) is 13.1. The Morgan fingerprint density at radius 1 is 0.750 bits per heavy atom. The molecule has 0 amide bonds. The molecule has 0 heterocycles. The molecule has 40 heavy (non-hydrogen) atoms. The number of carbonyl (C=O) groups excluding carboxylic acids is 2. The van der Waals surface area contributed by atoms with E-state index in [1.807, 2.05) is 21.1 Å². The van der Waals surface area contributed by atoms with Crippen molar-refractivity contribution in [3.8, 4) is 0 Å². The van der Waals surface area contributed by atoms with Crippen molar-refractivity contribution in [2.75, 3.05) is 46.7 Å². The Morgan fingerprint density at radius 2 is 1.27 bits per heavy atom. The van der Waals surface area contributed by atoms with E-state index < -0.39 is 60.6 Å². The Balaban J connectivity index is 4.96. The zero-order chi connectivity index (χ0) is 31.3. The van der Waals surface area contributed by atoms with Gasteiger partial charge in [-0.15, -0.1) is 11.8 Å². The average molecular weight is 623 g/mol. The average Bonchev–Trinajstić information content (AvgIpc) is 2.80. The summed E-state index contributed by atoms with van der Waals surface area (Å²) in [7, 11) is 5.51. The molecular weight excluding hydrogens is 581 g/mol. The number of esters is 2. The van der Waals surface area contributed by atoms with Crippen LogP contribution in [0.15, 0.2) is 0 Å². The number of thioether (sulfide) groups is 1. The van der Waals surface area contributed by atoms with Gasteiger partial charge < -0.3 is 14.0 Å². The molecule has 0 N–H and O–H groups in total. The van der Waals surface area contributed by atoms with Gasteiger partial charge in [0.2, 0.25) is 0 Å². The minimum Gasteiger partial charge on any atom is -0.466 e. The van der Waals surface area contributed by atoms with Crippen molar-refractivity contribution in [3.63, 3.8) is 0 Å². The maximum atomic E-state index is 13.7. The van der Waals surface area contributed by atoms with Gasteiger partial charge in [-0.05, 0) is 6.42 Å². The third kappa shape index (κ3) is 13.5. The first-order valence-corrected chi connectivity index (χ1v) is 14.2. The molecule has 0 spiro atoms. The number of nitrogens with zero attached hydrogens (tertiary/aromatic N) is 1. The van der Waals surface area contributed by atoms with E-state index >= 15 is 0 Å². The molecule has 0 aliphatic rings. The first kappa shape index (κ1) is 38.6. The minimum atomic E-state index is -7.02. The topological polar surface area (TPSA) is 52.6 Å². The van der Waals surface area contributed by atoms with Gasteiger partial charge in [-0.2, -0.15) is 39.5 Å². The highest BCUT2D eigenvalue weighted by Crippen LogP contribution is 2.54. The number of alkyl halides is 9. The second kappa shape index (κ2) is 16.9. The number of hydrogen-bond donors (Lipinski definition) is 0. The third-order valence-electron chi connectivity index (χ3n) is 5.83. The summed E-state index contributed by atoms with van der Waals surface area (Å²) in [6, 6.07) is 0. The van der Waals surface area contributed by atoms with Crippen molar-refractivity contribution >= 4 is 23.7 Å². The molecule has 238 valence electrons. The second-order valence-electron chi connectivity index (χ2n) is 10.5. The quantitative estimate of drug-likeness (QED) is 0.0584. The molecule has 1 unspecified atom stereocenters. The highest BCUT2D eigenvalue weighted by Gasteiger charge is 2.81. The van der Waals surface area contributed by atoms with Crippen LogP contribution in [0.25, 0.3) is 0 Å². The predicted octanol–water partition coefficient (Wildman–Crippen LogP) is 7.27. The van der Waals surface area contributed by atoms with Crippen molar-refractivity contribution in [1.82, 2.24) is 0 Å². The number of halogens is 9. The van der Waals surface area contributed by atoms with E-state index in [9.17, 15) is 49.1 Å². The van der Waals surface area contributed by atoms with Gasteiger partial charge in [-0.25, -0.2) is 0 Å². The van der Waals surface area contributed by atoms with Crippen molar-refractivity contribution < 1.29 is 63.1 Å². The van der Waals surface area contributed by atoms with Crippen LogP contribution in [0, 0.1) is 0 Å². The monoisotopic (exact) mass is 622 g/mol. The number of hydrogen-bond acceptors (Lipinski definition) is 5. The largest absolute Gasteiger partial charge is 0.466 e. The summed E-state index contributed by atoms with van der Waals surface area (Å²) < 4.78 is 127. The number of rotatable bonds is 21. The fourth-order valence-corrected chi connectivity index (χ4v) is 4.64. The van der Waals surface area contributed by atoms with Crippen LogP contribution in [0.4, 0.5) is 39.5 Å². The summed E-state index contributed by atoms with van der Waals surface area (Å²) in [5.74, 6) is -21.4. The maximum absolute atomic E-state index is 13.7. The molecule has 0 saturated heterocycles. The van der Waals surface area contributed by atoms with Crippen LogP contribution in [-0.2, 0) is 19.1 Å². The van der Waals surface area contributed by atoms with Crippen LogP contribution in [0.3, 0.4) is 0 Å². The standard InChI is InChI=1S/C25H41F9NO4S/c1-5-6-7-8-9-10-11-12-15-38-20(36)18-19(40-17-14-35(2,3)4)21(37)39-16-13-22(26,27)23(28,29)24(30,31)25(32,33)34/h19H,5-18H2,1-4H3/q+1. The molecule has 0 aliphatic carbocycles. The maximum Gasteiger partial charge on any atom is 0.460 e. The van der Waals surface area contributed by atoms with Gasteiger partial charge in [0, 0.05) is 5.75 Å². The number of unbranched alkanes of at least 4 members (excludes halogenated alkanes) is 7. The Labute approximate surface area is 234 Å². The molecule has 0 aromatic rings. The van der Waals surface area contributed by atoms with E-state index in [1.54, 1.807) is 0 Å². The number of carbonyl (C=O) groups is 2. The molecule has 0 aliphatic heterocycles. The molecule has 5 nitrogen and oxygen atoms in total. The van der Waals surface area contributed by atoms with Gasteiger partial charge in [0.1, 0.15) is 5.25 Å². The lowest BCUT2D eigenvalue weighted by atomic mass is 10.0. The third-order valence-corrected chi connectivity index (χ3v) is 7.01. The van der Waals surface area contributed by atoms with Crippen LogP contribution in [-0.4, -0.2) is 92.3 Å². The molecule has 0 radical (unpaired) electrons. The van der Waals surface area contributed by atoms with Crippen LogP contribution in [0.2, 0.25) is 0 Å². The van der Waals surface area contributed by atoms with E-state index in [-0.39, 0.29) is 6.61 Å². The van der Waals surface area contributed by atoms with E-state index in [0.29, 0.717) is 23.2 Å². The lowest BCUT2D eigenvalue weighted by molar-refractivity contribution is -0.867. The van der Waals surface area contributed by atoms with Gasteiger partial charge in [-0.1, -0.05) is 51.9 Å². The molecular formula is C25H41F9NO4S+. The molecule has 0 aromatic carbocycles. The fourth-order valence-electron chi connectivity index (χ4n) is 3.25. The van der Waals surface area contributed by atoms with Crippen LogP contribution >= 0.6 is 11.8 Å². The smallest absolute Gasteiger partial charge is 0.460 e. The van der Waals surface area contributed by atoms with Crippen molar-refractivity contribution in [3.05, 3.63) is 0 Å². The molecule has 15 heteroatoms. The van der Waals surface area contributed by atoms with Crippen LogP contribution in [0.5, 0.6) is 0 Å². The zero-order valence-corrected chi connectivity index (χ0v) is 24.2. The fraction of sp³-hybridized carbons (Fsp3) is 0.920. The van der Waals surface area contributed by atoms with Crippen LogP contribution in [0.1, 0.15) is 71.1 Å². The predicted molar refractivity (Wildman–Crippen MR) is 134 cm³/mol. The normalized spacial score (nSPS) is 14.2. The lowest BCUT2D eigenvalue weighted by Crippen LogP contribution is -2.61. The summed E-state index contributed by atoms with van der Waals surface area (Å²) in [4.78, 5) is 24.7. The van der Waals surface area contributed by atoms with E-state index in [4.69, 9.17) is 4.74 Å². The molecule has 0 saturated carbocycles. The van der Waals surface area contributed by atoms with E-state index in [1.165, 1.54) is 6.42 Å². The summed E-state index contributed by atoms with van der Waals surface area (Å²) in [5, 5.41) is -1.29. The second-order valence-corrected chi connectivity index (χ2v) is 11.9. The molecule has 0 fully saturated rings. The van der Waals surface area contributed by atoms with Gasteiger partial charge in [0.05, 0.1) is 53.7 Å². The molecule has 0 rings (SSSR count). The number of quaternary nitrogens is 1. The highest BCUT2D eigenvalue weighted by molar-refractivity contribution is 8.00. The lowest BCUT2D eigenvalue weighted by Gasteiger charge is -2.33. The van der Waals surface area contributed by atoms with Gasteiger partial charge >= 0.3 is 35.9 Å². The Morgan fingerprint density at radius 3 is 1.77 bits per heavy atom. The SMILES string of the molecule is CCCCCCCCCCOC(=O)CC(SCC[N+](C)(C)C)C(=O)OCCC(F)(F)C(F)(F)C(F)(F)C(F)(F)F. The number of ether oxygens (including phenoxy) is 2. The van der Waals surface area contributed by atoms with E-state index in [2.05, 4.69) is 11.7 Å². The minimum absolute atomic E-state index is 0.0911. The van der Waals surface area contributed by atoms with Crippen molar-refractivity contribution in [2.24, 2.45) is 0 Å². The summed E-state index contributed by atoms with van der Waals surface area (Å²) >= 11 is 0.917. The highest BCUT2D eigenvalue weighted by atomic mass is 32.2. The Hall–Kier alpha value is -1.38. The van der Waals surface area contributed by atoms with Crippen molar-refractivity contribution in [2.45, 2.75) is 100 Å². The molecule has 0 bridgehead atoms. The van der Waals surface area contributed by atoms with Crippen molar-refractivity contribution in [1.29, 1.82) is 0 Å². The van der Waals surface area contributed by atoms with Gasteiger partial charge in [-0.3, -0.25) is 9.59 Å².